The van der Waals surface area contributed by atoms with Crippen LogP contribution in [0.1, 0.15) is 22.3 Å². The molecule has 0 radical (unpaired) electrons. The Labute approximate surface area is 199 Å². The molecule has 0 unspecified atom stereocenters. The maximum atomic E-state index is 12.0. The number of hydrogen-bond acceptors (Lipinski definition) is 6. The quantitative estimate of drug-likeness (QED) is 0.265. The number of carbonyl (C=O) groups is 2. The highest BCUT2D eigenvalue weighted by molar-refractivity contribution is 5.88. The first-order valence-corrected chi connectivity index (χ1v) is 11.0. The fourth-order valence-electron chi connectivity index (χ4n) is 3.10. The van der Waals surface area contributed by atoms with Gasteiger partial charge in [0, 0.05) is 36.4 Å². The molecule has 3 aromatic carbocycles. The van der Waals surface area contributed by atoms with Crippen LogP contribution in [-0.2, 0) is 31.9 Å². The molecule has 0 aliphatic heterocycles. The predicted octanol–water partition coefficient (Wildman–Crippen LogP) is 4.45. The van der Waals surface area contributed by atoms with Gasteiger partial charge in [0.1, 0.15) is 0 Å². The van der Waals surface area contributed by atoms with Gasteiger partial charge in [0.05, 0.1) is 13.2 Å². The molecule has 3 aromatic rings. The van der Waals surface area contributed by atoms with Crippen LogP contribution in [0, 0.1) is 0 Å². The van der Waals surface area contributed by atoms with Crippen molar-refractivity contribution in [2.45, 2.75) is 12.8 Å². The number of anilines is 2. The summed E-state index contributed by atoms with van der Waals surface area (Å²) in [6.07, 6.45) is 7.36. The fraction of sp³-hybridized carbons (Fsp3) is 0.143. The minimum Gasteiger partial charge on any atom is -0.462 e. The first kappa shape index (κ1) is 24.3. The number of hydrogen-bond donors (Lipinski definition) is 2. The first-order chi connectivity index (χ1) is 16.5. The Morgan fingerprint density at radius 2 is 1.06 bits per heavy atom. The van der Waals surface area contributed by atoms with Crippen molar-refractivity contribution in [1.29, 1.82) is 0 Å². The average molecular weight is 457 g/mol. The van der Waals surface area contributed by atoms with Crippen molar-refractivity contribution >= 4 is 35.5 Å². The second kappa shape index (κ2) is 12.6. The maximum absolute atomic E-state index is 12.0. The van der Waals surface area contributed by atoms with Crippen molar-refractivity contribution in [2.24, 2.45) is 0 Å². The summed E-state index contributed by atoms with van der Waals surface area (Å²) in [5.41, 5.74) is 16.5. The monoisotopic (exact) mass is 456 g/mol. The molecular formula is C28H28N2O4. The summed E-state index contributed by atoms with van der Waals surface area (Å²) < 4.78 is 10.5. The average Bonchev–Trinajstić information content (AvgIpc) is 2.84. The minimum atomic E-state index is -0.416. The third-order valence-electron chi connectivity index (χ3n) is 4.96. The number of benzene rings is 3. The van der Waals surface area contributed by atoms with Crippen molar-refractivity contribution in [3.05, 3.63) is 107 Å². The van der Waals surface area contributed by atoms with Gasteiger partial charge in [0.2, 0.25) is 0 Å². The molecular weight excluding hydrogens is 428 g/mol. The van der Waals surface area contributed by atoms with Crippen LogP contribution < -0.4 is 11.5 Å². The fourth-order valence-corrected chi connectivity index (χ4v) is 3.10. The molecule has 34 heavy (non-hydrogen) atoms. The van der Waals surface area contributed by atoms with Crippen molar-refractivity contribution < 1.29 is 19.1 Å². The Kier molecular flexibility index (Phi) is 9.05. The van der Waals surface area contributed by atoms with Crippen LogP contribution in [-0.4, -0.2) is 25.2 Å². The molecule has 0 amide bonds. The Balaban J connectivity index is 1.42. The molecule has 174 valence electrons. The van der Waals surface area contributed by atoms with Crippen molar-refractivity contribution in [2.75, 3.05) is 24.7 Å². The molecule has 0 atom stereocenters. The third kappa shape index (κ3) is 8.67. The van der Waals surface area contributed by atoms with E-state index in [-0.39, 0.29) is 13.2 Å². The van der Waals surface area contributed by atoms with E-state index in [0.717, 1.165) is 22.3 Å². The van der Waals surface area contributed by atoms with Gasteiger partial charge in [-0.25, -0.2) is 9.59 Å². The number of esters is 2. The van der Waals surface area contributed by atoms with E-state index in [1.54, 1.807) is 12.2 Å². The summed E-state index contributed by atoms with van der Waals surface area (Å²) in [7, 11) is 0. The largest absolute Gasteiger partial charge is 0.462 e. The van der Waals surface area contributed by atoms with Crippen LogP contribution in [0.15, 0.2) is 84.9 Å². The molecule has 0 aliphatic carbocycles. The second-order valence-corrected chi connectivity index (χ2v) is 7.65. The zero-order valence-electron chi connectivity index (χ0n) is 18.9. The van der Waals surface area contributed by atoms with E-state index in [1.165, 1.54) is 12.2 Å². The molecule has 3 rings (SSSR count). The van der Waals surface area contributed by atoms with Gasteiger partial charge in [-0.15, -0.1) is 0 Å². The predicted molar refractivity (Wildman–Crippen MR) is 136 cm³/mol. The lowest BCUT2D eigenvalue weighted by Gasteiger charge is -2.03. The topological polar surface area (TPSA) is 105 Å². The minimum absolute atomic E-state index is 0.288. The van der Waals surface area contributed by atoms with Crippen LogP contribution >= 0.6 is 0 Å². The molecule has 0 heterocycles. The summed E-state index contributed by atoms with van der Waals surface area (Å²) in [6, 6.07) is 22.3. The number of ether oxygens (including phenoxy) is 2. The second-order valence-electron chi connectivity index (χ2n) is 7.65. The molecule has 6 nitrogen and oxygen atoms in total. The van der Waals surface area contributed by atoms with Crippen molar-refractivity contribution in [3.63, 3.8) is 0 Å². The maximum Gasteiger partial charge on any atom is 0.330 e. The molecule has 0 bridgehead atoms. The van der Waals surface area contributed by atoms with E-state index in [4.69, 9.17) is 20.9 Å². The standard InChI is InChI=1S/C28H28N2O4/c29-25-10-4-21(5-11-25)16-18-33-27(31)14-8-23-2-1-3-24(20-23)9-15-28(32)34-19-17-22-6-12-26(30)13-7-22/h1-15,20H,16-19,29-30H2/b14-8+,15-9+. The summed E-state index contributed by atoms with van der Waals surface area (Å²) in [4.78, 5) is 23.9. The third-order valence-corrected chi connectivity index (χ3v) is 4.96. The lowest BCUT2D eigenvalue weighted by atomic mass is 10.1. The van der Waals surface area contributed by atoms with E-state index in [1.807, 2.05) is 72.8 Å². The lowest BCUT2D eigenvalue weighted by Crippen LogP contribution is -2.05. The zero-order valence-corrected chi connectivity index (χ0v) is 18.9. The van der Waals surface area contributed by atoms with E-state index >= 15 is 0 Å². The highest BCUT2D eigenvalue weighted by Crippen LogP contribution is 2.10. The molecule has 0 saturated heterocycles. The highest BCUT2D eigenvalue weighted by Gasteiger charge is 2.01. The smallest absolute Gasteiger partial charge is 0.330 e. The summed E-state index contributed by atoms with van der Waals surface area (Å²) in [5.74, 6) is -0.831. The van der Waals surface area contributed by atoms with Gasteiger partial charge in [-0.2, -0.15) is 0 Å². The lowest BCUT2D eigenvalue weighted by molar-refractivity contribution is -0.138. The Hall–Kier alpha value is -4.32. The summed E-state index contributed by atoms with van der Waals surface area (Å²) in [6.45, 7) is 0.576. The normalized spacial score (nSPS) is 11.1. The molecule has 0 spiro atoms. The van der Waals surface area contributed by atoms with Crippen molar-refractivity contribution in [3.8, 4) is 0 Å². The Bertz CT molecular complexity index is 1060. The van der Waals surface area contributed by atoms with Gasteiger partial charge in [0.15, 0.2) is 0 Å². The van der Waals surface area contributed by atoms with Crippen LogP contribution in [0.25, 0.3) is 12.2 Å². The molecule has 6 heteroatoms. The Morgan fingerprint density at radius 1 is 0.647 bits per heavy atom. The highest BCUT2D eigenvalue weighted by atomic mass is 16.5. The summed E-state index contributed by atoms with van der Waals surface area (Å²) >= 11 is 0. The number of nitrogens with two attached hydrogens (primary N) is 2. The summed E-state index contributed by atoms with van der Waals surface area (Å²) in [5, 5.41) is 0. The first-order valence-electron chi connectivity index (χ1n) is 11.0. The van der Waals surface area contributed by atoms with E-state index in [0.29, 0.717) is 24.2 Å². The SMILES string of the molecule is Nc1ccc(CCOC(=O)/C=C/c2cccc(/C=C/C(=O)OCCc3ccc(N)cc3)c2)cc1. The number of rotatable bonds is 10. The molecule has 4 N–H and O–H groups in total. The van der Waals surface area contributed by atoms with Gasteiger partial charge in [-0.3, -0.25) is 0 Å². The van der Waals surface area contributed by atoms with Crippen LogP contribution in [0.3, 0.4) is 0 Å². The van der Waals surface area contributed by atoms with Gasteiger partial charge >= 0.3 is 11.9 Å². The molecule has 0 aromatic heterocycles. The Morgan fingerprint density at radius 3 is 1.47 bits per heavy atom. The number of carbonyl (C=O) groups excluding carboxylic acids is 2. The van der Waals surface area contributed by atoms with Crippen molar-refractivity contribution in [1.82, 2.24) is 0 Å². The van der Waals surface area contributed by atoms with Crippen LogP contribution in [0.2, 0.25) is 0 Å². The number of nitrogen functional groups attached to an aromatic ring is 2. The van der Waals surface area contributed by atoms with Gasteiger partial charge < -0.3 is 20.9 Å². The van der Waals surface area contributed by atoms with Crippen LogP contribution in [0.4, 0.5) is 11.4 Å². The van der Waals surface area contributed by atoms with Crippen LogP contribution in [0.5, 0.6) is 0 Å². The van der Waals surface area contributed by atoms with E-state index in [2.05, 4.69) is 0 Å². The molecule has 0 fully saturated rings. The molecule has 0 aliphatic rings. The van der Waals surface area contributed by atoms with Gasteiger partial charge in [-0.1, -0.05) is 42.5 Å². The van der Waals surface area contributed by atoms with E-state index in [9.17, 15) is 9.59 Å². The van der Waals surface area contributed by atoms with Gasteiger partial charge in [-0.05, 0) is 64.7 Å². The zero-order chi connectivity index (χ0) is 24.2. The van der Waals surface area contributed by atoms with E-state index < -0.39 is 11.9 Å². The van der Waals surface area contributed by atoms with Gasteiger partial charge in [0.25, 0.3) is 0 Å². The molecule has 0 saturated carbocycles.